The van der Waals surface area contributed by atoms with Gasteiger partial charge in [-0.1, -0.05) is 0 Å². The number of anilines is 1. The number of hydrogen-bond acceptors (Lipinski definition) is 6. The zero-order chi connectivity index (χ0) is 18.5. The van der Waals surface area contributed by atoms with Gasteiger partial charge in [-0.15, -0.1) is 11.3 Å². The maximum atomic E-state index is 12.2. The molecule has 0 unspecified atom stereocenters. The van der Waals surface area contributed by atoms with Crippen molar-refractivity contribution in [3.63, 3.8) is 0 Å². The predicted octanol–water partition coefficient (Wildman–Crippen LogP) is 3.39. The summed E-state index contributed by atoms with van der Waals surface area (Å²) in [6.45, 7) is 0. The number of amides is 1. The van der Waals surface area contributed by atoms with E-state index in [-0.39, 0.29) is 11.3 Å². The summed E-state index contributed by atoms with van der Waals surface area (Å²) in [5.41, 5.74) is 1.16. The van der Waals surface area contributed by atoms with Crippen LogP contribution in [0.3, 0.4) is 0 Å². The molecule has 9 heteroatoms. The van der Waals surface area contributed by atoms with Gasteiger partial charge in [-0.2, -0.15) is 5.26 Å². The normalized spacial score (nSPS) is 11.0. The van der Waals surface area contributed by atoms with Crippen LogP contribution in [0, 0.1) is 21.4 Å². The number of nitrogens with one attached hydrogen (secondary N) is 1. The minimum atomic E-state index is -0.557. The SMILES string of the molecule is N#C/C(=C\c1cccn1-c1ccc([N+](=O)[O-])cc1)C(=O)Nc1nccs1. The second-order valence-corrected chi connectivity index (χ2v) is 5.93. The van der Waals surface area contributed by atoms with Gasteiger partial charge in [0.25, 0.3) is 11.6 Å². The quantitative estimate of drug-likeness (QED) is 0.322. The molecule has 0 fully saturated rings. The highest BCUT2D eigenvalue weighted by atomic mass is 32.1. The molecular weight excluding hydrogens is 354 g/mol. The van der Waals surface area contributed by atoms with Crippen LogP contribution in [0.5, 0.6) is 0 Å². The van der Waals surface area contributed by atoms with Crippen LogP contribution >= 0.6 is 11.3 Å². The average Bonchev–Trinajstić information content (AvgIpc) is 3.31. The van der Waals surface area contributed by atoms with Crippen molar-refractivity contribution in [2.24, 2.45) is 0 Å². The number of carbonyl (C=O) groups is 1. The van der Waals surface area contributed by atoms with Gasteiger partial charge in [0.1, 0.15) is 11.6 Å². The fourth-order valence-electron chi connectivity index (χ4n) is 2.23. The summed E-state index contributed by atoms with van der Waals surface area (Å²) in [5.74, 6) is -0.557. The van der Waals surface area contributed by atoms with Gasteiger partial charge < -0.3 is 4.57 Å². The zero-order valence-electron chi connectivity index (χ0n) is 13.2. The summed E-state index contributed by atoms with van der Waals surface area (Å²) in [6, 6.07) is 11.3. The van der Waals surface area contributed by atoms with E-state index >= 15 is 0 Å². The van der Waals surface area contributed by atoms with Gasteiger partial charge in [-0.25, -0.2) is 4.98 Å². The van der Waals surface area contributed by atoms with E-state index in [2.05, 4.69) is 10.3 Å². The lowest BCUT2D eigenvalue weighted by Crippen LogP contribution is -2.13. The molecule has 0 aliphatic heterocycles. The number of aromatic nitrogens is 2. The second kappa shape index (κ2) is 7.42. The molecule has 0 spiro atoms. The Balaban J connectivity index is 1.89. The molecule has 8 nitrogen and oxygen atoms in total. The third kappa shape index (κ3) is 3.66. The van der Waals surface area contributed by atoms with E-state index < -0.39 is 10.8 Å². The predicted molar refractivity (Wildman–Crippen MR) is 96.8 cm³/mol. The Morgan fingerprint density at radius 2 is 2.12 bits per heavy atom. The Bertz CT molecular complexity index is 1010. The first-order chi connectivity index (χ1) is 12.6. The number of non-ortho nitro benzene ring substituents is 1. The van der Waals surface area contributed by atoms with Crippen molar-refractivity contribution < 1.29 is 9.72 Å². The molecule has 0 saturated heterocycles. The third-order valence-corrected chi connectivity index (χ3v) is 4.12. The molecule has 0 aliphatic rings. The van der Waals surface area contributed by atoms with Crippen molar-refractivity contribution in [1.29, 1.82) is 5.26 Å². The molecule has 2 aromatic heterocycles. The summed E-state index contributed by atoms with van der Waals surface area (Å²) in [5, 5.41) is 24.7. The van der Waals surface area contributed by atoms with Gasteiger partial charge in [0.2, 0.25) is 0 Å². The molecule has 128 valence electrons. The Morgan fingerprint density at radius 3 is 2.73 bits per heavy atom. The summed E-state index contributed by atoms with van der Waals surface area (Å²) in [7, 11) is 0. The molecule has 26 heavy (non-hydrogen) atoms. The lowest BCUT2D eigenvalue weighted by atomic mass is 10.2. The lowest BCUT2D eigenvalue weighted by Gasteiger charge is -2.07. The number of hydrogen-bond donors (Lipinski definition) is 1. The van der Waals surface area contributed by atoms with Crippen LogP contribution in [-0.4, -0.2) is 20.4 Å². The summed E-state index contributed by atoms with van der Waals surface area (Å²) in [4.78, 5) is 26.4. The van der Waals surface area contributed by atoms with Crippen LogP contribution in [-0.2, 0) is 4.79 Å². The Hall–Kier alpha value is -3.77. The molecule has 1 N–H and O–H groups in total. The van der Waals surface area contributed by atoms with Gasteiger partial charge in [0.05, 0.1) is 4.92 Å². The van der Waals surface area contributed by atoms with Crippen molar-refractivity contribution >= 4 is 34.1 Å². The maximum Gasteiger partial charge on any atom is 0.269 e. The molecular formula is C17H11N5O3S. The van der Waals surface area contributed by atoms with E-state index in [1.807, 2.05) is 6.07 Å². The number of nitrogens with zero attached hydrogens (tertiary/aromatic N) is 4. The van der Waals surface area contributed by atoms with E-state index in [9.17, 15) is 20.2 Å². The first-order valence-corrected chi connectivity index (χ1v) is 8.21. The van der Waals surface area contributed by atoms with Crippen molar-refractivity contribution in [1.82, 2.24) is 9.55 Å². The van der Waals surface area contributed by atoms with Crippen LogP contribution in [0.25, 0.3) is 11.8 Å². The van der Waals surface area contributed by atoms with Crippen molar-refractivity contribution in [2.75, 3.05) is 5.32 Å². The summed E-state index contributed by atoms with van der Waals surface area (Å²) < 4.78 is 1.72. The van der Waals surface area contributed by atoms with Crippen molar-refractivity contribution in [2.45, 2.75) is 0 Å². The molecule has 0 bridgehead atoms. The topological polar surface area (TPSA) is 114 Å². The van der Waals surface area contributed by atoms with Crippen LogP contribution < -0.4 is 5.32 Å². The zero-order valence-corrected chi connectivity index (χ0v) is 14.0. The van der Waals surface area contributed by atoms with E-state index in [1.54, 1.807) is 46.6 Å². The van der Waals surface area contributed by atoms with Gasteiger partial charge in [-0.3, -0.25) is 20.2 Å². The van der Waals surface area contributed by atoms with E-state index in [1.165, 1.54) is 29.5 Å². The van der Waals surface area contributed by atoms with Gasteiger partial charge in [0.15, 0.2) is 5.13 Å². The number of nitro benzene ring substituents is 1. The monoisotopic (exact) mass is 365 g/mol. The molecule has 3 aromatic rings. The summed E-state index contributed by atoms with van der Waals surface area (Å²) >= 11 is 1.25. The maximum absolute atomic E-state index is 12.2. The molecule has 2 heterocycles. The standard InChI is InChI=1S/C17H11N5O3S/c18-11-12(16(23)20-17-19-7-9-26-17)10-15-2-1-8-21(15)13-3-5-14(6-4-13)22(24)25/h1-10H,(H,19,20,23)/b12-10+. The summed E-state index contributed by atoms with van der Waals surface area (Å²) in [6.07, 6.45) is 4.74. The van der Waals surface area contributed by atoms with Crippen molar-refractivity contribution in [3.8, 4) is 11.8 Å². The fourth-order valence-corrected chi connectivity index (χ4v) is 2.75. The highest BCUT2D eigenvalue weighted by Gasteiger charge is 2.13. The number of benzene rings is 1. The van der Waals surface area contributed by atoms with E-state index in [0.29, 0.717) is 16.5 Å². The average molecular weight is 365 g/mol. The minimum Gasteiger partial charge on any atom is -0.317 e. The number of carbonyl (C=O) groups excluding carboxylic acids is 1. The number of rotatable bonds is 5. The van der Waals surface area contributed by atoms with Crippen molar-refractivity contribution in [3.05, 3.63) is 75.6 Å². The molecule has 3 rings (SSSR count). The molecule has 0 saturated carbocycles. The number of nitriles is 1. The van der Waals surface area contributed by atoms with Crippen LogP contribution in [0.2, 0.25) is 0 Å². The van der Waals surface area contributed by atoms with E-state index in [0.717, 1.165) is 0 Å². The van der Waals surface area contributed by atoms with Gasteiger partial charge in [-0.05, 0) is 30.3 Å². The first kappa shape index (κ1) is 17.1. The first-order valence-electron chi connectivity index (χ1n) is 7.33. The highest BCUT2D eigenvalue weighted by Crippen LogP contribution is 2.19. The lowest BCUT2D eigenvalue weighted by molar-refractivity contribution is -0.384. The van der Waals surface area contributed by atoms with Crippen LogP contribution in [0.1, 0.15) is 5.69 Å². The highest BCUT2D eigenvalue weighted by molar-refractivity contribution is 7.13. The van der Waals surface area contributed by atoms with E-state index in [4.69, 9.17) is 0 Å². The second-order valence-electron chi connectivity index (χ2n) is 5.04. The third-order valence-electron chi connectivity index (χ3n) is 3.43. The van der Waals surface area contributed by atoms with Gasteiger partial charge in [0, 0.05) is 41.3 Å². The van der Waals surface area contributed by atoms with Crippen LogP contribution in [0.15, 0.2) is 59.7 Å². The Labute approximate surface area is 151 Å². The minimum absolute atomic E-state index is 0.0152. The molecule has 1 amide bonds. The molecule has 0 aliphatic carbocycles. The van der Waals surface area contributed by atoms with Gasteiger partial charge >= 0.3 is 0 Å². The number of thiazole rings is 1. The Morgan fingerprint density at radius 1 is 1.35 bits per heavy atom. The largest absolute Gasteiger partial charge is 0.317 e. The molecule has 0 atom stereocenters. The molecule has 0 radical (unpaired) electrons. The smallest absolute Gasteiger partial charge is 0.269 e. The number of nitro groups is 1. The fraction of sp³-hybridized carbons (Fsp3) is 0. The Kier molecular flexibility index (Phi) is 4.87. The molecule has 1 aromatic carbocycles. The van der Waals surface area contributed by atoms with Crippen LogP contribution in [0.4, 0.5) is 10.8 Å².